The monoisotopic (exact) mass is 195 g/mol. The third-order valence-electron chi connectivity index (χ3n) is 2.48. The van der Waals surface area contributed by atoms with Gasteiger partial charge >= 0.3 is 0 Å². The molecule has 78 valence electrons. The van der Waals surface area contributed by atoms with Crippen molar-refractivity contribution in [1.82, 2.24) is 0 Å². The Hall–Kier alpha value is -1.06. The molecule has 4 N–H and O–H groups in total. The topological polar surface area (TPSA) is 66.5 Å². The first-order valence-electron chi connectivity index (χ1n) is 4.80. The van der Waals surface area contributed by atoms with E-state index in [2.05, 4.69) is 0 Å². The van der Waals surface area contributed by atoms with Crippen LogP contribution < -0.4 is 5.73 Å². The maximum Gasteiger partial charge on any atom is 0.115 e. The van der Waals surface area contributed by atoms with Gasteiger partial charge in [0.15, 0.2) is 0 Å². The minimum atomic E-state index is -0.853. The summed E-state index contributed by atoms with van der Waals surface area (Å²) in [6, 6.07) is 6.89. The summed E-state index contributed by atoms with van der Waals surface area (Å²) in [4.78, 5) is 0. The highest BCUT2D eigenvalue weighted by atomic mass is 16.3. The lowest BCUT2D eigenvalue weighted by Gasteiger charge is -2.24. The van der Waals surface area contributed by atoms with E-state index in [0.717, 1.165) is 5.56 Å². The van der Waals surface area contributed by atoms with Gasteiger partial charge in [0.1, 0.15) is 5.75 Å². The predicted octanol–water partition coefficient (Wildman–Crippen LogP) is 1.03. The Labute approximate surface area is 84.2 Å². The third-order valence-corrected chi connectivity index (χ3v) is 2.48. The number of rotatable bonds is 4. The molecule has 3 heteroatoms. The van der Waals surface area contributed by atoms with Crippen molar-refractivity contribution in [3.8, 4) is 5.75 Å². The lowest BCUT2D eigenvalue weighted by atomic mass is 9.92. The predicted molar refractivity (Wildman–Crippen MR) is 56.1 cm³/mol. The molecule has 0 heterocycles. The van der Waals surface area contributed by atoms with Gasteiger partial charge in [0.05, 0.1) is 5.60 Å². The van der Waals surface area contributed by atoms with E-state index in [1.54, 1.807) is 18.2 Å². The van der Waals surface area contributed by atoms with Crippen LogP contribution in [0.15, 0.2) is 24.3 Å². The standard InChI is InChI=1S/C11H17NO2/c1-2-11(14,8-12)7-9-4-3-5-10(13)6-9/h3-6,13-14H,2,7-8,12H2,1H3. The zero-order valence-corrected chi connectivity index (χ0v) is 8.40. The summed E-state index contributed by atoms with van der Waals surface area (Å²) in [5.41, 5.74) is 5.54. The normalized spacial score (nSPS) is 15.1. The highest BCUT2D eigenvalue weighted by Crippen LogP contribution is 2.19. The van der Waals surface area contributed by atoms with Crippen LogP contribution in [0.3, 0.4) is 0 Å². The molecule has 0 amide bonds. The number of benzene rings is 1. The van der Waals surface area contributed by atoms with Gasteiger partial charge in [-0.2, -0.15) is 0 Å². The van der Waals surface area contributed by atoms with E-state index in [1.807, 2.05) is 13.0 Å². The molecule has 1 aromatic carbocycles. The van der Waals surface area contributed by atoms with Crippen molar-refractivity contribution in [3.05, 3.63) is 29.8 Å². The summed E-state index contributed by atoms with van der Waals surface area (Å²) in [7, 11) is 0. The first-order valence-corrected chi connectivity index (χ1v) is 4.80. The quantitative estimate of drug-likeness (QED) is 0.672. The van der Waals surface area contributed by atoms with Gasteiger partial charge in [0.25, 0.3) is 0 Å². The second-order valence-corrected chi connectivity index (χ2v) is 3.63. The molecule has 0 saturated carbocycles. The molecule has 1 atom stereocenters. The minimum Gasteiger partial charge on any atom is -0.508 e. The first kappa shape index (κ1) is 11.0. The maximum absolute atomic E-state index is 9.97. The average molecular weight is 195 g/mol. The van der Waals surface area contributed by atoms with Crippen LogP contribution >= 0.6 is 0 Å². The molecular formula is C11H17NO2. The van der Waals surface area contributed by atoms with Gasteiger partial charge in [0.2, 0.25) is 0 Å². The fourth-order valence-corrected chi connectivity index (χ4v) is 1.39. The van der Waals surface area contributed by atoms with Crippen molar-refractivity contribution < 1.29 is 10.2 Å². The molecule has 1 rings (SSSR count). The second-order valence-electron chi connectivity index (χ2n) is 3.63. The Morgan fingerprint density at radius 3 is 2.64 bits per heavy atom. The molecule has 1 aromatic rings. The first-order chi connectivity index (χ1) is 6.59. The smallest absolute Gasteiger partial charge is 0.115 e. The van der Waals surface area contributed by atoms with Crippen LogP contribution in [0, 0.1) is 0 Å². The van der Waals surface area contributed by atoms with Crippen molar-refractivity contribution in [1.29, 1.82) is 0 Å². The minimum absolute atomic E-state index is 0.220. The van der Waals surface area contributed by atoms with Crippen molar-refractivity contribution in [2.24, 2.45) is 5.73 Å². The summed E-state index contributed by atoms with van der Waals surface area (Å²) < 4.78 is 0. The van der Waals surface area contributed by atoms with Gasteiger partial charge in [-0.15, -0.1) is 0 Å². The Morgan fingerprint density at radius 1 is 1.43 bits per heavy atom. The number of phenolic OH excluding ortho intramolecular Hbond substituents is 1. The zero-order chi connectivity index (χ0) is 10.6. The van der Waals surface area contributed by atoms with Crippen LogP contribution in [0.25, 0.3) is 0 Å². The van der Waals surface area contributed by atoms with Gasteiger partial charge in [0, 0.05) is 13.0 Å². The van der Waals surface area contributed by atoms with Crippen LogP contribution in [0.1, 0.15) is 18.9 Å². The number of hydrogen-bond acceptors (Lipinski definition) is 3. The molecule has 0 spiro atoms. The van der Waals surface area contributed by atoms with Crippen LogP contribution in [-0.4, -0.2) is 22.4 Å². The van der Waals surface area contributed by atoms with Crippen molar-refractivity contribution in [2.75, 3.05) is 6.54 Å². The molecule has 0 radical (unpaired) electrons. The summed E-state index contributed by atoms with van der Waals surface area (Å²) in [5.74, 6) is 0.220. The van der Waals surface area contributed by atoms with Gasteiger partial charge in [-0.1, -0.05) is 19.1 Å². The Kier molecular flexibility index (Phi) is 3.49. The van der Waals surface area contributed by atoms with Crippen LogP contribution in [0.4, 0.5) is 0 Å². The highest BCUT2D eigenvalue weighted by Gasteiger charge is 2.22. The molecule has 1 unspecified atom stereocenters. The number of hydrogen-bond donors (Lipinski definition) is 3. The molecule has 14 heavy (non-hydrogen) atoms. The average Bonchev–Trinajstić information content (AvgIpc) is 2.18. The van der Waals surface area contributed by atoms with Gasteiger partial charge in [-0.25, -0.2) is 0 Å². The van der Waals surface area contributed by atoms with E-state index < -0.39 is 5.60 Å². The number of phenols is 1. The van der Waals surface area contributed by atoms with E-state index in [4.69, 9.17) is 5.73 Å². The fourth-order valence-electron chi connectivity index (χ4n) is 1.39. The summed E-state index contributed by atoms with van der Waals surface area (Å²) in [5, 5.41) is 19.2. The van der Waals surface area contributed by atoms with E-state index >= 15 is 0 Å². The lowest BCUT2D eigenvalue weighted by Crippen LogP contribution is -2.39. The lowest BCUT2D eigenvalue weighted by molar-refractivity contribution is 0.0456. The number of aromatic hydroxyl groups is 1. The summed E-state index contributed by atoms with van der Waals surface area (Å²) in [6.45, 7) is 2.13. The maximum atomic E-state index is 9.97. The molecule has 3 nitrogen and oxygen atoms in total. The Bertz CT molecular complexity index is 295. The zero-order valence-electron chi connectivity index (χ0n) is 8.40. The Morgan fingerprint density at radius 2 is 2.14 bits per heavy atom. The van der Waals surface area contributed by atoms with Crippen LogP contribution in [0.2, 0.25) is 0 Å². The largest absolute Gasteiger partial charge is 0.508 e. The molecule has 0 bridgehead atoms. The molecule has 0 aliphatic carbocycles. The van der Waals surface area contributed by atoms with E-state index in [1.165, 1.54) is 0 Å². The molecule has 0 aliphatic rings. The number of aliphatic hydroxyl groups is 1. The van der Waals surface area contributed by atoms with Gasteiger partial charge < -0.3 is 15.9 Å². The fraction of sp³-hybridized carbons (Fsp3) is 0.455. The van der Waals surface area contributed by atoms with E-state index in [0.29, 0.717) is 12.8 Å². The Balaban J connectivity index is 2.77. The molecular weight excluding hydrogens is 178 g/mol. The van der Waals surface area contributed by atoms with Crippen molar-refractivity contribution in [3.63, 3.8) is 0 Å². The van der Waals surface area contributed by atoms with E-state index in [9.17, 15) is 10.2 Å². The molecule has 0 aromatic heterocycles. The van der Waals surface area contributed by atoms with Gasteiger partial charge in [-0.3, -0.25) is 0 Å². The molecule has 0 aliphatic heterocycles. The van der Waals surface area contributed by atoms with Crippen LogP contribution in [0.5, 0.6) is 5.75 Å². The van der Waals surface area contributed by atoms with Crippen molar-refractivity contribution >= 4 is 0 Å². The summed E-state index contributed by atoms with van der Waals surface area (Å²) >= 11 is 0. The van der Waals surface area contributed by atoms with Crippen LogP contribution in [-0.2, 0) is 6.42 Å². The second kappa shape index (κ2) is 4.44. The molecule has 0 saturated heterocycles. The SMILES string of the molecule is CCC(O)(CN)Cc1cccc(O)c1. The summed E-state index contributed by atoms with van der Waals surface area (Å²) in [6.07, 6.45) is 1.09. The third kappa shape index (κ3) is 2.72. The van der Waals surface area contributed by atoms with Gasteiger partial charge in [-0.05, 0) is 24.1 Å². The molecule has 0 fully saturated rings. The van der Waals surface area contributed by atoms with Crippen molar-refractivity contribution in [2.45, 2.75) is 25.4 Å². The highest BCUT2D eigenvalue weighted by molar-refractivity contribution is 5.28. The number of nitrogens with two attached hydrogens (primary N) is 1. The van der Waals surface area contributed by atoms with E-state index in [-0.39, 0.29) is 12.3 Å².